The van der Waals surface area contributed by atoms with E-state index >= 15 is 0 Å². The molecule has 0 saturated heterocycles. The van der Waals surface area contributed by atoms with E-state index in [2.05, 4.69) is 16.9 Å². The Balaban J connectivity index is 2.37. The van der Waals surface area contributed by atoms with Crippen molar-refractivity contribution in [2.24, 2.45) is 0 Å². The second-order valence-corrected chi connectivity index (χ2v) is 6.04. The number of benzene rings is 1. The molecule has 23 heavy (non-hydrogen) atoms. The molecule has 0 saturated carbocycles. The zero-order valence-corrected chi connectivity index (χ0v) is 13.3. The van der Waals surface area contributed by atoms with Gasteiger partial charge in [-0.1, -0.05) is 6.92 Å². The van der Waals surface area contributed by atoms with Crippen LogP contribution in [0.1, 0.15) is 32.0 Å². The Morgan fingerprint density at radius 2 is 2.17 bits per heavy atom. The number of nitrogens with one attached hydrogen (secondary N) is 1. The number of pyridine rings is 1. The molecule has 1 aromatic carbocycles. The van der Waals surface area contributed by atoms with E-state index in [-0.39, 0.29) is 0 Å². The Kier molecular flexibility index (Phi) is 3.39. The summed E-state index contributed by atoms with van der Waals surface area (Å²) in [5.41, 5.74) is 8.89. The van der Waals surface area contributed by atoms with E-state index in [4.69, 9.17) is 15.6 Å². The van der Waals surface area contributed by atoms with Crippen molar-refractivity contribution in [1.29, 1.82) is 0 Å². The molecule has 0 spiro atoms. The van der Waals surface area contributed by atoms with Gasteiger partial charge in [0.2, 0.25) is 0 Å². The van der Waals surface area contributed by atoms with Gasteiger partial charge in [-0.15, -0.1) is 0 Å². The SMILES string of the molecule is CCc1cnc(C(C)(C)OC(=O)O)c2[nH]c3ccc(N)cc3c12. The van der Waals surface area contributed by atoms with Crippen molar-refractivity contribution in [1.82, 2.24) is 9.97 Å². The van der Waals surface area contributed by atoms with Gasteiger partial charge in [0.05, 0.1) is 5.52 Å². The Labute approximate surface area is 133 Å². The number of carbonyl (C=O) groups is 1. The van der Waals surface area contributed by atoms with Gasteiger partial charge >= 0.3 is 6.16 Å². The third kappa shape index (κ3) is 2.46. The summed E-state index contributed by atoms with van der Waals surface area (Å²) in [6, 6.07) is 5.66. The number of hydrogen-bond acceptors (Lipinski definition) is 4. The molecule has 3 rings (SSSR count). The molecule has 0 amide bonds. The number of anilines is 1. The molecule has 0 atom stereocenters. The van der Waals surface area contributed by atoms with Crippen LogP contribution in [0.15, 0.2) is 24.4 Å². The number of carboxylic acid groups (broad SMARTS) is 1. The fourth-order valence-corrected chi connectivity index (χ4v) is 2.98. The van der Waals surface area contributed by atoms with E-state index in [1.807, 2.05) is 18.2 Å². The number of aromatic nitrogens is 2. The maximum absolute atomic E-state index is 11.0. The van der Waals surface area contributed by atoms with Gasteiger partial charge in [0, 0.05) is 28.2 Å². The molecule has 0 aliphatic rings. The topological polar surface area (TPSA) is 101 Å². The first kappa shape index (κ1) is 15.1. The third-order valence-electron chi connectivity index (χ3n) is 4.02. The van der Waals surface area contributed by atoms with Gasteiger partial charge in [-0.2, -0.15) is 0 Å². The number of ether oxygens (including phenoxy) is 1. The van der Waals surface area contributed by atoms with E-state index in [1.165, 1.54) is 0 Å². The quantitative estimate of drug-likeness (QED) is 0.504. The van der Waals surface area contributed by atoms with Crippen LogP contribution in [-0.2, 0) is 16.8 Å². The summed E-state index contributed by atoms with van der Waals surface area (Å²) in [6.07, 6.45) is 1.26. The molecular formula is C17H19N3O3. The van der Waals surface area contributed by atoms with Gasteiger partial charge in [-0.25, -0.2) is 4.79 Å². The van der Waals surface area contributed by atoms with Gasteiger partial charge in [0.25, 0.3) is 0 Å². The average molecular weight is 313 g/mol. The summed E-state index contributed by atoms with van der Waals surface area (Å²) in [4.78, 5) is 18.8. The Bertz CT molecular complexity index is 912. The minimum absolute atomic E-state index is 0.557. The molecule has 4 N–H and O–H groups in total. The summed E-state index contributed by atoms with van der Waals surface area (Å²) in [5, 5.41) is 11.0. The van der Waals surface area contributed by atoms with Crippen LogP contribution in [0, 0.1) is 0 Å². The first-order chi connectivity index (χ1) is 10.8. The highest BCUT2D eigenvalue weighted by molar-refractivity contribution is 6.10. The normalized spacial score (nSPS) is 12.0. The second kappa shape index (κ2) is 5.15. The monoisotopic (exact) mass is 313 g/mol. The highest BCUT2D eigenvalue weighted by atomic mass is 16.7. The lowest BCUT2D eigenvalue weighted by Crippen LogP contribution is -2.26. The van der Waals surface area contributed by atoms with Gasteiger partial charge in [-0.05, 0) is 44.0 Å². The summed E-state index contributed by atoms with van der Waals surface area (Å²) >= 11 is 0. The molecule has 6 nitrogen and oxygen atoms in total. The molecule has 0 unspecified atom stereocenters. The smallest absolute Gasteiger partial charge is 0.450 e. The van der Waals surface area contributed by atoms with Crippen LogP contribution in [0.2, 0.25) is 0 Å². The number of aromatic amines is 1. The van der Waals surface area contributed by atoms with Crippen molar-refractivity contribution in [2.45, 2.75) is 32.8 Å². The van der Waals surface area contributed by atoms with E-state index in [1.54, 1.807) is 20.0 Å². The molecule has 3 aromatic rings. The zero-order valence-electron chi connectivity index (χ0n) is 13.3. The van der Waals surface area contributed by atoms with Crippen LogP contribution < -0.4 is 5.73 Å². The van der Waals surface area contributed by atoms with Gasteiger partial charge in [0.15, 0.2) is 5.60 Å². The Morgan fingerprint density at radius 1 is 1.43 bits per heavy atom. The number of nitrogen functional groups attached to an aromatic ring is 1. The van der Waals surface area contributed by atoms with Crippen molar-refractivity contribution >= 4 is 33.6 Å². The number of H-pyrrole nitrogens is 1. The van der Waals surface area contributed by atoms with E-state index in [0.717, 1.165) is 33.8 Å². The molecule has 0 aliphatic heterocycles. The molecule has 0 radical (unpaired) electrons. The molecule has 0 bridgehead atoms. The van der Waals surface area contributed by atoms with Crippen LogP contribution in [-0.4, -0.2) is 21.2 Å². The third-order valence-corrected chi connectivity index (χ3v) is 4.02. The number of nitrogens with zero attached hydrogens (tertiary/aromatic N) is 1. The van der Waals surface area contributed by atoms with Crippen LogP contribution in [0.25, 0.3) is 21.8 Å². The number of rotatable bonds is 3. The van der Waals surface area contributed by atoms with Crippen LogP contribution in [0.4, 0.5) is 10.5 Å². The number of hydrogen-bond donors (Lipinski definition) is 3. The maximum Gasteiger partial charge on any atom is 0.506 e. The maximum atomic E-state index is 11.0. The lowest BCUT2D eigenvalue weighted by atomic mass is 9.98. The lowest BCUT2D eigenvalue weighted by molar-refractivity contribution is -0.000626. The van der Waals surface area contributed by atoms with Crippen molar-refractivity contribution in [3.05, 3.63) is 35.7 Å². The van der Waals surface area contributed by atoms with Crippen LogP contribution in [0.5, 0.6) is 0 Å². The molecule has 0 aliphatic carbocycles. The van der Waals surface area contributed by atoms with E-state index < -0.39 is 11.8 Å². The van der Waals surface area contributed by atoms with Gasteiger partial charge in [-0.3, -0.25) is 4.98 Å². The second-order valence-electron chi connectivity index (χ2n) is 6.04. The minimum Gasteiger partial charge on any atom is -0.450 e. The number of fused-ring (bicyclic) bond motifs is 3. The van der Waals surface area contributed by atoms with Crippen molar-refractivity contribution in [2.75, 3.05) is 5.73 Å². The Hall–Kier alpha value is -2.76. The largest absolute Gasteiger partial charge is 0.506 e. The Morgan fingerprint density at radius 3 is 2.83 bits per heavy atom. The van der Waals surface area contributed by atoms with E-state index in [0.29, 0.717) is 11.4 Å². The van der Waals surface area contributed by atoms with Crippen LogP contribution in [0.3, 0.4) is 0 Å². The average Bonchev–Trinajstić information content (AvgIpc) is 2.83. The number of nitrogens with two attached hydrogens (primary N) is 1. The van der Waals surface area contributed by atoms with Crippen molar-refractivity contribution in [3.8, 4) is 0 Å². The summed E-state index contributed by atoms with van der Waals surface area (Å²) in [5.74, 6) is 0. The molecule has 2 aromatic heterocycles. The zero-order chi connectivity index (χ0) is 16.8. The number of aryl methyl sites for hydroxylation is 1. The summed E-state index contributed by atoms with van der Waals surface area (Å²) in [6.45, 7) is 5.43. The van der Waals surface area contributed by atoms with Crippen molar-refractivity contribution in [3.63, 3.8) is 0 Å². The standard InChI is InChI=1S/C17H19N3O3/c1-4-9-8-19-15(17(2,3)23-16(21)22)14-13(9)11-7-10(18)5-6-12(11)20-14/h5-8,20H,4,18H2,1-3H3,(H,21,22). The summed E-state index contributed by atoms with van der Waals surface area (Å²) in [7, 11) is 0. The molecule has 2 heterocycles. The molecule has 6 heteroatoms. The predicted molar refractivity (Wildman–Crippen MR) is 89.5 cm³/mol. The molecular weight excluding hydrogens is 294 g/mol. The lowest BCUT2D eigenvalue weighted by Gasteiger charge is -2.23. The first-order valence-electron chi connectivity index (χ1n) is 7.44. The first-order valence-corrected chi connectivity index (χ1v) is 7.44. The fourth-order valence-electron chi connectivity index (χ4n) is 2.98. The van der Waals surface area contributed by atoms with Gasteiger partial charge < -0.3 is 20.6 Å². The highest BCUT2D eigenvalue weighted by Crippen LogP contribution is 2.36. The fraction of sp³-hybridized carbons (Fsp3) is 0.294. The molecule has 120 valence electrons. The molecule has 0 fully saturated rings. The highest BCUT2D eigenvalue weighted by Gasteiger charge is 2.30. The minimum atomic E-state index is -1.33. The van der Waals surface area contributed by atoms with Crippen LogP contribution >= 0.6 is 0 Å². The van der Waals surface area contributed by atoms with Crippen molar-refractivity contribution < 1.29 is 14.6 Å². The van der Waals surface area contributed by atoms with E-state index in [9.17, 15) is 4.79 Å². The summed E-state index contributed by atoms with van der Waals surface area (Å²) < 4.78 is 5.03. The predicted octanol–water partition coefficient (Wildman–Crippen LogP) is 3.79. The van der Waals surface area contributed by atoms with Gasteiger partial charge in [0.1, 0.15) is 5.69 Å².